The zero-order chi connectivity index (χ0) is 23.3. The van der Waals surface area contributed by atoms with E-state index in [1.54, 1.807) is 0 Å². The number of rotatable bonds is 6. The molecule has 0 aromatic carbocycles. The summed E-state index contributed by atoms with van der Waals surface area (Å²) in [7, 11) is 0. The van der Waals surface area contributed by atoms with Gasteiger partial charge in [-0.1, -0.05) is 0 Å². The van der Waals surface area contributed by atoms with E-state index in [-0.39, 0.29) is 17.6 Å². The molecule has 3 aliphatic rings. The second kappa shape index (κ2) is 8.47. The van der Waals surface area contributed by atoms with E-state index in [0.717, 1.165) is 26.3 Å². The number of hydrogen-bond donors (Lipinski definition) is 1. The van der Waals surface area contributed by atoms with Crippen molar-refractivity contribution in [2.75, 3.05) is 38.6 Å². The van der Waals surface area contributed by atoms with E-state index in [0.29, 0.717) is 35.1 Å². The topological polar surface area (TPSA) is 78.4 Å². The maximum absolute atomic E-state index is 12.6. The van der Waals surface area contributed by atoms with E-state index in [2.05, 4.69) is 34.5 Å². The van der Waals surface area contributed by atoms with E-state index in [9.17, 15) is 13.2 Å². The third-order valence-electron chi connectivity index (χ3n) is 7.15. The van der Waals surface area contributed by atoms with Crippen LogP contribution in [0.4, 0.5) is 19.0 Å². The van der Waals surface area contributed by atoms with Crippen LogP contribution in [0.15, 0.2) is 18.3 Å². The van der Waals surface area contributed by atoms with Crippen molar-refractivity contribution in [1.29, 1.82) is 0 Å². The van der Waals surface area contributed by atoms with Gasteiger partial charge in [0.2, 0.25) is 0 Å². The number of alkyl halides is 3. The molecule has 2 atom stereocenters. The van der Waals surface area contributed by atoms with Crippen molar-refractivity contribution in [2.24, 2.45) is 11.8 Å². The summed E-state index contributed by atoms with van der Waals surface area (Å²) in [5, 5.41) is 4.79. The van der Waals surface area contributed by atoms with Crippen LogP contribution < -0.4 is 10.5 Å². The Balaban J connectivity index is 1.34. The summed E-state index contributed by atoms with van der Waals surface area (Å²) < 4.78 is 50.2. The minimum absolute atomic E-state index is 0.0719. The third-order valence-corrected chi connectivity index (χ3v) is 7.15. The van der Waals surface area contributed by atoms with Gasteiger partial charge in [0.05, 0.1) is 18.9 Å². The van der Waals surface area contributed by atoms with Crippen molar-refractivity contribution in [3.05, 3.63) is 24.0 Å². The fraction of sp³-hybridized carbons (Fsp3) is 0.652. The van der Waals surface area contributed by atoms with Gasteiger partial charge in [0.1, 0.15) is 0 Å². The van der Waals surface area contributed by atoms with Gasteiger partial charge in [-0.2, -0.15) is 18.3 Å². The fourth-order valence-corrected chi connectivity index (χ4v) is 5.57. The number of hydrogen-bond acceptors (Lipinski definition) is 6. The maximum atomic E-state index is 12.6. The monoisotopic (exact) mass is 465 g/mol. The van der Waals surface area contributed by atoms with Gasteiger partial charge >= 0.3 is 6.18 Å². The summed E-state index contributed by atoms with van der Waals surface area (Å²) in [5.41, 5.74) is 8.21. The molecule has 2 N–H and O–H groups in total. The van der Waals surface area contributed by atoms with Crippen LogP contribution in [0.5, 0.6) is 5.75 Å². The third kappa shape index (κ3) is 4.55. The van der Waals surface area contributed by atoms with E-state index in [1.807, 2.05) is 0 Å². The van der Waals surface area contributed by atoms with Gasteiger partial charge in [0, 0.05) is 48.5 Å². The number of nitrogens with two attached hydrogens (primary N) is 1. The Morgan fingerprint density at radius 1 is 1.18 bits per heavy atom. The van der Waals surface area contributed by atoms with Crippen LogP contribution in [0.3, 0.4) is 0 Å². The predicted molar refractivity (Wildman–Crippen MR) is 117 cm³/mol. The Kier molecular flexibility index (Phi) is 5.76. The average molecular weight is 466 g/mol. The van der Waals surface area contributed by atoms with Crippen LogP contribution in [0.25, 0.3) is 11.3 Å². The first-order valence-corrected chi connectivity index (χ1v) is 11.6. The molecule has 3 heterocycles. The highest BCUT2D eigenvalue weighted by Crippen LogP contribution is 2.64. The summed E-state index contributed by atoms with van der Waals surface area (Å²) in [6.07, 6.45) is -0.508. The predicted octanol–water partition coefficient (Wildman–Crippen LogP) is 3.87. The van der Waals surface area contributed by atoms with Gasteiger partial charge in [0.15, 0.2) is 18.2 Å². The Morgan fingerprint density at radius 2 is 1.88 bits per heavy atom. The van der Waals surface area contributed by atoms with Gasteiger partial charge < -0.3 is 15.2 Å². The minimum atomic E-state index is -4.45. The number of ether oxygens (including phenoxy) is 2. The lowest BCUT2D eigenvalue weighted by atomic mass is 10.0. The molecule has 5 rings (SSSR count). The normalized spacial score (nSPS) is 27.7. The second-order valence-corrected chi connectivity index (χ2v) is 9.63. The van der Waals surface area contributed by atoms with E-state index >= 15 is 0 Å². The zero-order valence-electron chi connectivity index (χ0n) is 18.9. The van der Waals surface area contributed by atoms with Crippen molar-refractivity contribution in [3.63, 3.8) is 0 Å². The largest absolute Gasteiger partial charge is 0.480 e. The molecule has 2 unspecified atom stereocenters. The first-order chi connectivity index (χ1) is 15.7. The first-order valence-electron chi connectivity index (χ1n) is 11.6. The highest BCUT2D eigenvalue weighted by molar-refractivity contribution is 5.64. The number of aromatic nitrogens is 3. The summed E-state index contributed by atoms with van der Waals surface area (Å²) >= 11 is 0. The van der Waals surface area contributed by atoms with Gasteiger partial charge in [-0.05, 0) is 50.7 Å². The molecule has 2 aromatic rings. The number of pyridine rings is 1. The van der Waals surface area contributed by atoms with Gasteiger partial charge in [-0.25, -0.2) is 4.98 Å². The van der Waals surface area contributed by atoms with E-state index in [1.165, 1.54) is 30.8 Å². The van der Waals surface area contributed by atoms with Crippen LogP contribution >= 0.6 is 0 Å². The van der Waals surface area contributed by atoms with Gasteiger partial charge in [0.25, 0.3) is 0 Å². The molecule has 2 aromatic heterocycles. The number of nitrogen functional groups attached to an aromatic ring is 1. The molecule has 0 bridgehead atoms. The molecule has 10 heteroatoms. The lowest BCUT2D eigenvalue weighted by molar-refractivity contribution is -0.153. The summed E-state index contributed by atoms with van der Waals surface area (Å²) in [5.74, 6) is 1.65. The molecule has 2 saturated carbocycles. The van der Waals surface area contributed by atoms with Crippen molar-refractivity contribution in [2.45, 2.75) is 50.9 Å². The van der Waals surface area contributed by atoms with Crippen LogP contribution in [-0.2, 0) is 4.74 Å². The molecular formula is C23H30F3N5O2. The number of anilines is 1. The summed E-state index contributed by atoms with van der Waals surface area (Å²) in [6, 6.07) is 4.37. The van der Waals surface area contributed by atoms with Crippen molar-refractivity contribution in [1.82, 2.24) is 19.7 Å². The molecule has 180 valence electrons. The van der Waals surface area contributed by atoms with Crippen molar-refractivity contribution in [3.8, 4) is 17.0 Å². The van der Waals surface area contributed by atoms with Gasteiger partial charge in [-0.15, -0.1) is 0 Å². The van der Waals surface area contributed by atoms with Crippen LogP contribution in [0.1, 0.15) is 44.3 Å². The Bertz CT molecular complexity index is 990. The molecule has 0 amide bonds. The lowest BCUT2D eigenvalue weighted by Crippen LogP contribution is -2.43. The highest BCUT2D eigenvalue weighted by atomic mass is 19.4. The number of halogens is 3. The molecule has 33 heavy (non-hydrogen) atoms. The molecule has 1 aliphatic heterocycles. The molecule has 1 saturated heterocycles. The lowest BCUT2D eigenvalue weighted by Gasteiger charge is -2.33. The van der Waals surface area contributed by atoms with E-state index in [4.69, 9.17) is 20.3 Å². The van der Waals surface area contributed by atoms with Crippen molar-refractivity contribution >= 4 is 5.82 Å². The van der Waals surface area contributed by atoms with Crippen LogP contribution in [0.2, 0.25) is 0 Å². The molecular weight excluding hydrogens is 435 g/mol. The van der Waals surface area contributed by atoms with Crippen molar-refractivity contribution < 1.29 is 22.6 Å². The second-order valence-electron chi connectivity index (χ2n) is 9.63. The maximum Gasteiger partial charge on any atom is 0.422 e. The molecule has 3 fully saturated rings. The minimum Gasteiger partial charge on any atom is -0.480 e. The molecule has 0 spiro atoms. The summed E-state index contributed by atoms with van der Waals surface area (Å²) in [4.78, 5) is 6.61. The standard InChI is InChI=1S/C23H30F3N5O2/c1-13(2)31-19(21-16-8-15(9-17(16)21)30-3-5-32-6-4-30)10-18(29-31)14-7-20(22(27)28-11-14)33-12-23(24,25)26/h7,10-11,13,15-17,21H,3-6,8-9,12H2,1-2H3,(H2,27,28). The number of fused-ring (bicyclic) bond motifs is 1. The first kappa shape index (κ1) is 22.5. The zero-order valence-corrected chi connectivity index (χ0v) is 18.9. The Hall–Kier alpha value is -2.33. The molecule has 7 nitrogen and oxygen atoms in total. The van der Waals surface area contributed by atoms with Gasteiger partial charge in [-0.3, -0.25) is 9.58 Å². The Labute approximate surface area is 191 Å². The Morgan fingerprint density at radius 3 is 2.52 bits per heavy atom. The summed E-state index contributed by atoms with van der Waals surface area (Å²) in [6.45, 7) is 6.45. The molecule has 0 radical (unpaired) electrons. The van der Waals surface area contributed by atoms with Crippen LogP contribution in [0, 0.1) is 11.8 Å². The number of morpholine rings is 1. The average Bonchev–Trinajstić information content (AvgIpc) is 3.13. The number of nitrogens with zero attached hydrogens (tertiary/aromatic N) is 4. The quantitative estimate of drug-likeness (QED) is 0.698. The molecule has 2 aliphatic carbocycles. The van der Waals surface area contributed by atoms with E-state index < -0.39 is 12.8 Å². The fourth-order valence-electron chi connectivity index (χ4n) is 5.57. The smallest absolute Gasteiger partial charge is 0.422 e. The SMILES string of the molecule is CC(C)n1nc(-c2cnc(N)c(OCC(F)(F)F)c2)cc1C1C2CC(N3CCOCC3)CC21. The van der Waals surface area contributed by atoms with Crippen LogP contribution in [-0.4, -0.2) is 64.8 Å². The highest BCUT2D eigenvalue weighted by Gasteiger charge is 2.58.